The van der Waals surface area contributed by atoms with Crippen LogP contribution in [0.15, 0.2) is 24.3 Å². The zero-order chi connectivity index (χ0) is 12.1. The van der Waals surface area contributed by atoms with Crippen LogP contribution in [0, 0.1) is 0 Å². The Balaban J connectivity index is 2.74. The highest BCUT2D eigenvalue weighted by molar-refractivity contribution is 5.95. The van der Waals surface area contributed by atoms with Crippen LogP contribution in [0.5, 0.6) is 0 Å². The van der Waals surface area contributed by atoms with Crippen molar-refractivity contribution in [2.24, 2.45) is 5.73 Å². The van der Waals surface area contributed by atoms with E-state index in [0.29, 0.717) is 11.4 Å². The highest BCUT2D eigenvalue weighted by Gasteiger charge is 2.07. The fraction of sp³-hybridized carbons (Fsp3) is 0.273. The van der Waals surface area contributed by atoms with E-state index >= 15 is 0 Å². The van der Waals surface area contributed by atoms with Gasteiger partial charge in [-0.15, -0.1) is 0 Å². The summed E-state index contributed by atoms with van der Waals surface area (Å²) in [6.45, 7) is 3.03. The lowest BCUT2D eigenvalue weighted by Crippen LogP contribution is -2.32. The Kier molecular flexibility index (Phi) is 4.02. The van der Waals surface area contributed by atoms with Gasteiger partial charge in [0, 0.05) is 18.3 Å². The molecule has 0 fully saturated rings. The van der Waals surface area contributed by atoms with Crippen LogP contribution < -0.4 is 16.4 Å². The molecule has 0 spiro atoms. The number of carbonyl (C=O) groups excluding carboxylic acids is 2. The minimum Gasteiger partial charge on any atom is -0.326 e. The first kappa shape index (κ1) is 12.2. The smallest absolute Gasteiger partial charge is 0.240 e. The summed E-state index contributed by atoms with van der Waals surface area (Å²) in [5, 5.41) is 5.27. The molecule has 16 heavy (non-hydrogen) atoms. The van der Waals surface area contributed by atoms with Gasteiger partial charge in [0.25, 0.3) is 0 Å². The van der Waals surface area contributed by atoms with E-state index in [2.05, 4.69) is 10.6 Å². The minimum absolute atomic E-state index is 0.157. The molecule has 1 aromatic rings. The average molecular weight is 221 g/mol. The Morgan fingerprint density at radius 3 is 2.31 bits per heavy atom. The summed E-state index contributed by atoms with van der Waals surface area (Å²) in [6, 6.07) is 6.31. The number of nitrogens with two attached hydrogens (primary N) is 1. The SMILES string of the molecule is CC(=O)Nc1cccc(NC(=O)[C@@H](C)N)c1. The van der Waals surface area contributed by atoms with Gasteiger partial charge in [-0.1, -0.05) is 6.07 Å². The van der Waals surface area contributed by atoms with Crippen molar-refractivity contribution in [1.29, 1.82) is 0 Å². The third-order valence-electron chi connectivity index (χ3n) is 1.86. The van der Waals surface area contributed by atoms with E-state index in [1.165, 1.54) is 6.92 Å². The van der Waals surface area contributed by atoms with Gasteiger partial charge in [0.1, 0.15) is 0 Å². The van der Waals surface area contributed by atoms with Gasteiger partial charge in [-0.3, -0.25) is 9.59 Å². The maximum atomic E-state index is 11.3. The van der Waals surface area contributed by atoms with Crippen molar-refractivity contribution < 1.29 is 9.59 Å². The Hall–Kier alpha value is -1.88. The van der Waals surface area contributed by atoms with Crippen LogP contribution in [0.25, 0.3) is 0 Å². The second kappa shape index (κ2) is 5.27. The Labute approximate surface area is 94.0 Å². The molecule has 0 saturated heterocycles. The molecular weight excluding hydrogens is 206 g/mol. The van der Waals surface area contributed by atoms with E-state index in [9.17, 15) is 9.59 Å². The van der Waals surface area contributed by atoms with Crippen molar-refractivity contribution in [2.75, 3.05) is 10.6 Å². The van der Waals surface area contributed by atoms with E-state index in [1.807, 2.05) is 0 Å². The quantitative estimate of drug-likeness (QED) is 0.710. The van der Waals surface area contributed by atoms with Crippen LogP contribution >= 0.6 is 0 Å². The van der Waals surface area contributed by atoms with Gasteiger partial charge in [0.15, 0.2) is 0 Å². The summed E-state index contributed by atoms with van der Waals surface area (Å²) in [5.41, 5.74) is 6.66. The van der Waals surface area contributed by atoms with E-state index in [4.69, 9.17) is 5.73 Å². The van der Waals surface area contributed by atoms with Gasteiger partial charge < -0.3 is 16.4 Å². The lowest BCUT2D eigenvalue weighted by atomic mass is 10.2. The van der Waals surface area contributed by atoms with Crippen molar-refractivity contribution in [2.45, 2.75) is 19.9 Å². The molecule has 86 valence electrons. The summed E-state index contributed by atoms with van der Waals surface area (Å²) in [4.78, 5) is 22.2. The monoisotopic (exact) mass is 221 g/mol. The third-order valence-corrected chi connectivity index (χ3v) is 1.86. The standard InChI is InChI=1S/C11H15N3O2/c1-7(12)11(16)14-10-5-3-4-9(6-10)13-8(2)15/h3-7H,12H2,1-2H3,(H,13,15)(H,14,16)/t7-/m1/s1. The molecule has 0 aliphatic carbocycles. The lowest BCUT2D eigenvalue weighted by Gasteiger charge is -2.09. The number of hydrogen-bond donors (Lipinski definition) is 3. The zero-order valence-corrected chi connectivity index (χ0v) is 9.28. The minimum atomic E-state index is -0.565. The zero-order valence-electron chi connectivity index (χ0n) is 9.28. The first-order chi connectivity index (χ1) is 7.49. The fourth-order valence-corrected chi connectivity index (χ4v) is 1.13. The molecule has 1 aromatic carbocycles. The second-order valence-corrected chi connectivity index (χ2v) is 3.54. The molecule has 1 atom stereocenters. The van der Waals surface area contributed by atoms with E-state index in [1.54, 1.807) is 31.2 Å². The molecular formula is C11H15N3O2. The molecule has 0 radical (unpaired) electrons. The van der Waals surface area contributed by atoms with Crippen LogP contribution in [0.4, 0.5) is 11.4 Å². The number of rotatable bonds is 3. The van der Waals surface area contributed by atoms with E-state index < -0.39 is 6.04 Å². The van der Waals surface area contributed by atoms with Gasteiger partial charge in [-0.2, -0.15) is 0 Å². The van der Waals surface area contributed by atoms with Gasteiger partial charge in [-0.05, 0) is 25.1 Å². The largest absolute Gasteiger partial charge is 0.326 e. The van der Waals surface area contributed by atoms with E-state index in [-0.39, 0.29) is 11.8 Å². The predicted molar refractivity (Wildman–Crippen MR) is 63.0 cm³/mol. The maximum Gasteiger partial charge on any atom is 0.240 e. The molecule has 5 nitrogen and oxygen atoms in total. The van der Waals surface area contributed by atoms with Crippen molar-refractivity contribution in [3.8, 4) is 0 Å². The van der Waals surface area contributed by atoms with Crippen LogP contribution in [-0.4, -0.2) is 17.9 Å². The molecule has 1 rings (SSSR count). The molecule has 4 N–H and O–H groups in total. The molecule has 2 amide bonds. The molecule has 0 heterocycles. The Morgan fingerprint density at radius 2 is 1.81 bits per heavy atom. The Morgan fingerprint density at radius 1 is 1.25 bits per heavy atom. The van der Waals surface area contributed by atoms with Crippen LogP contribution in [0.3, 0.4) is 0 Å². The first-order valence-electron chi connectivity index (χ1n) is 4.93. The van der Waals surface area contributed by atoms with Gasteiger partial charge in [0.2, 0.25) is 11.8 Å². The first-order valence-corrected chi connectivity index (χ1v) is 4.93. The topological polar surface area (TPSA) is 84.2 Å². The highest BCUT2D eigenvalue weighted by Crippen LogP contribution is 2.14. The second-order valence-electron chi connectivity index (χ2n) is 3.54. The highest BCUT2D eigenvalue weighted by atomic mass is 16.2. The molecule has 0 saturated carbocycles. The Bertz CT molecular complexity index is 402. The van der Waals surface area contributed by atoms with Crippen molar-refractivity contribution >= 4 is 23.2 Å². The summed E-state index contributed by atoms with van der Waals surface area (Å²) in [5.74, 6) is -0.421. The van der Waals surface area contributed by atoms with Gasteiger partial charge in [0.05, 0.1) is 6.04 Å². The molecule has 0 aliphatic heterocycles. The van der Waals surface area contributed by atoms with E-state index in [0.717, 1.165) is 0 Å². The average Bonchev–Trinajstić information content (AvgIpc) is 2.16. The molecule has 5 heteroatoms. The summed E-state index contributed by atoms with van der Waals surface area (Å²) < 4.78 is 0. The van der Waals surface area contributed by atoms with Crippen molar-refractivity contribution in [3.05, 3.63) is 24.3 Å². The fourth-order valence-electron chi connectivity index (χ4n) is 1.13. The van der Waals surface area contributed by atoms with Gasteiger partial charge >= 0.3 is 0 Å². The predicted octanol–water partition coefficient (Wildman–Crippen LogP) is 0.931. The molecule has 0 unspecified atom stereocenters. The number of amides is 2. The summed E-state index contributed by atoms with van der Waals surface area (Å²) in [7, 11) is 0. The molecule has 0 aromatic heterocycles. The molecule has 0 bridgehead atoms. The molecule has 0 aliphatic rings. The summed E-state index contributed by atoms with van der Waals surface area (Å²) >= 11 is 0. The number of nitrogens with one attached hydrogen (secondary N) is 2. The maximum absolute atomic E-state index is 11.3. The van der Waals surface area contributed by atoms with Gasteiger partial charge in [-0.25, -0.2) is 0 Å². The number of carbonyl (C=O) groups is 2. The third kappa shape index (κ3) is 3.70. The number of benzene rings is 1. The number of hydrogen-bond acceptors (Lipinski definition) is 3. The normalized spacial score (nSPS) is 11.7. The van der Waals surface area contributed by atoms with Crippen LogP contribution in [0.2, 0.25) is 0 Å². The lowest BCUT2D eigenvalue weighted by molar-refractivity contribution is -0.117. The number of anilines is 2. The van der Waals surface area contributed by atoms with Crippen molar-refractivity contribution in [3.63, 3.8) is 0 Å². The van der Waals surface area contributed by atoms with Crippen LogP contribution in [0.1, 0.15) is 13.8 Å². The summed E-state index contributed by atoms with van der Waals surface area (Å²) in [6.07, 6.45) is 0. The van der Waals surface area contributed by atoms with Crippen molar-refractivity contribution in [1.82, 2.24) is 0 Å². The van der Waals surface area contributed by atoms with Crippen LogP contribution in [-0.2, 0) is 9.59 Å².